The average Bonchev–Trinajstić information content (AvgIpc) is 2.00. The molecule has 0 atom stereocenters. The highest BCUT2D eigenvalue weighted by Gasteiger charge is 2.12. The number of anilines is 1. The highest BCUT2D eigenvalue weighted by Crippen LogP contribution is 2.30. The number of carboxylic acid groups (broad SMARTS) is 1. The van der Waals surface area contributed by atoms with Crippen LogP contribution in [0.1, 0.15) is 10.4 Å². The molecule has 12 heavy (non-hydrogen) atoms. The van der Waals surface area contributed by atoms with Gasteiger partial charge in [0.25, 0.3) is 0 Å². The SMILES string of the molecule is Nc1c(Cl)ccc(C(=O)O)c1Cl. The minimum Gasteiger partial charge on any atom is -0.478 e. The molecule has 0 unspecified atom stereocenters. The number of carbonyl (C=O) groups is 1. The number of nitrogens with two attached hydrogens (primary N) is 1. The van der Waals surface area contributed by atoms with E-state index in [1.807, 2.05) is 0 Å². The van der Waals surface area contributed by atoms with Gasteiger partial charge in [0.15, 0.2) is 0 Å². The van der Waals surface area contributed by atoms with Crippen molar-refractivity contribution in [3.05, 3.63) is 27.7 Å². The number of nitrogen functional groups attached to an aromatic ring is 1. The molecule has 0 radical (unpaired) electrons. The first-order valence-electron chi connectivity index (χ1n) is 3.01. The van der Waals surface area contributed by atoms with E-state index >= 15 is 0 Å². The first-order valence-corrected chi connectivity index (χ1v) is 3.76. The summed E-state index contributed by atoms with van der Waals surface area (Å²) in [6, 6.07) is 2.70. The predicted molar refractivity (Wildman–Crippen MR) is 47.8 cm³/mol. The number of halogens is 2. The van der Waals surface area contributed by atoms with Gasteiger partial charge in [-0.2, -0.15) is 0 Å². The second-order valence-electron chi connectivity index (χ2n) is 2.13. The molecule has 1 aromatic rings. The summed E-state index contributed by atoms with van der Waals surface area (Å²) in [4.78, 5) is 10.5. The van der Waals surface area contributed by atoms with Crippen molar-refractivity contribution in [2.45, 2.75) is 0 Å². The summed E-state index contributed by atoms with van der Waals surface area (Å²) in [5, 5.41) is 8.83. The van der Waals surface area contributed by atoms with Gasteiger partial charge in [-0.1, -0.05) is 23.2 Å². The molecule has 0 saturated heterocycles. The third kappa shape index (κ3) is 1.47. The third-order valence-electron chi connectivity index (χ3n) is 1.36. The van der Waals surface area contributed by atoms with Crippen molar-refractivity contribution < 1.29 is 9.90 Å². The first-order chi connectivity index (χ1) is 5.54. The van der Waals surface area contributed by atoms with E-state index in [4.69, 9.17) is 34.0 Å². The van der Waals surface area contributed by atoms with Crippen molar-refractivity contribution >= 4 is 34.9 Å². The van der Waals surface area contributed by atoms with Crippen LogP contribution in [-0.4, -0.2) is 11.1 Å². The van der Waals surface area contributed by atoms with Crippen LogP contribution in [0.25, 0.3) is 0 Å². The maximum atomic E-state index is 10.5. The second-order valence-corrected chi connectivity index (χ2v) is 2.91. The van der Waals surface area contributed by atoms with E-state index in [2.05, 4.69) is 0 Å². The monoisotopic (exact) mass is 205 g/mol. The van der Waals surface area contributed by atoms with Gasteiger partial charge in [-0.15, -0.1) is 0 Å². The van der Waals surface area contributed by atoms with E-state index in [9.17, 15) is 4.79 Å². The molecular formula is C7H5Cl2NO2. The minimum absolute atomic E-state index is 0.0185. The number of hydrogen-bond donors (Lipinski definition) is 2. The van der Waals surface area contributed by atoms with Crippen molar-refractivity contribution in [1.29, 1.82) is 0 Å². The molecule has 0 saturated carbocycles. The lowest BCUT2D eigenvalue weighted by Gasteiger charge is -2.03. The molecule has 0 amide bonds. The Morgan fingerprint density at radius 1 is 1.42 bits per heavy atom. The van der Waals surface area contributed by atoms with Gasteiger partial charge in [0, 0.05) is 0 Å². The van der Waals surface area contributed by atoms with Gasteiger partial charge in [-0.05, 0) is 12.1 Å². The number of hydrogen-bond acceptors (Lipinski definition) is 2. The van der Waals surface area contributed by atoms with E-state index in [0.29, 0.717) is 0 Å². The lowest BCUT2D eigenvalue weighted by Crippen LogP contribution is -2.00. The first kappa shape index (κ1) is 9.16. The fraction of sp³-hybridized carbons (Fsp3) is 0. The molecule has 3 N–H and O–H groups in total. The van der Waals surface area contributed by atoms with E-state index in [1.165, 1.54) is 12.1 Å². The summed E-state index contributed by atoms with van der Waals surface area (Å²) in [5.74, 6) is -1.12. The summed E-state index contributed by atoms with van der Waals surface area (Å²) in [5.41, 5.74) is 5.45. The molecule has 0 aromatic heterocycles. The van der Waals surface area contributed by atoms with E-state index in [1.54, 1.807) is 0 Å². The number of aromatic carboxylic acids is 1. The van der Waals surface area contributed by atoms with Crippen LogP contribution in [-0.2, 0) is 0 Å². The Labute approximate surface area is 78.7 Å². The Balaban J connectivity index is 3.36. The lowest BCUT2D eigenvalue weighted by molar-refractivity contribution is 0.0697. The molecule has 5 heteroatoms. The summed E-state index contributed by atoms with van der Waals surface area (Å²) in [7, 11) is 0. The van der Waals surface area contributed by atoms with E-state index in [-0.39, 0.29) is 21.3 Å². The van der Waals surface area contributed by atoms with Crippen LogP contribution in [0.2, 0.25) is 10.0 Å². The van der Waals surface area contributed by atoms with Gasteiger partial charge in [-0.25, -0.2) is 4.79 Å². The van der Waals surface area contributed by atoms with Crippen molar-refractivity contribution in [3.8, 4) is 0 Å². The zero-order chi connectivity index (χ0) is 9.30. The predicted octanol–water partition coefficient (Wildman–Crippen LogP) is 2.27. The summed E-state index contributed by atoms with van der Waals surface area (Å²) < 4.78 is 0. The maximum Gasteiger partial charge on any atom is 0.337 e. The summed E-state index contributed by atoms with van der Waals surface area (Å²) in [6.45, 7) is 0. The van der Waals surface area contributed by atoms with Crippen LogP contribution in [0.4, 0.5) is 5.69 Å². The standard InChI is InChI=1S/C7H5Cl2NO2/c8-4-2-1-3(7(11)12)5(9)6(4)10/h1-2H,10H2,(H,11,12). The highest BCUT2D eigenvalue weighted by molar-refractivity contribution is 6.40. The molecule has 0 aliphatic rings. The second kappa shape index (κ2) is 3.21. The van der Waals surface area contributed by atoms with Gasteiger partial charge in [0.05, 0.1) is 21.3 Å². The lowest BCUT2D eigenvalue weighted by atomic mass is 10.2. The molecule has 1 rings (SSSR count). The van der Waals surface area contributed by atoms with Gasteiger partial charge in [0.2, 0.25) is 0 Å². The van der Waals surface area contributed by atoms with E-state index in [0.717, 1.165) is 0 Å². The molecule has 64 valence electrons. The Hall–Kier alpha value is -0.930. The van der Waals surface area contributed by atoms with Crippen molar-refractivity contribution in [2.24, 2.45) is 0 Å². The fourth-order valence-electron chi connectivity index (χ4n) is 0.735. The zero-order valence-electron chi connectivity index (χ0n) is 5.84. The summed E-state index contributed by atoms with van der Waals surface area (Å²) >= 11 is 11.2. The largest absolute Gasteiger partial charge is 0.478 e. The van der Waals surface area contributed by atoms with Gasteiger partial charge >= 0.3 is 5.97 Å². The Bertz CT molecular complexity index is 338. The Kier molecular flexibility index (Phi) is 2.45. The van der Waals surface area contributed by atoms with Crippen LogP contribution in [0.5, 0.6) is 0 Å². The molecule has 0 bridgehead atoms. The maximum absolute atomic E-state index is 10.5. The zero-order valence-corrected chi connectivity index (χ0v) is 7.36. The van der Waals surface area contributed by atoms with Crippen molar-refractivity contribution in [1.82, 2.24) is 0 Å². The van der Waals surface area contributed by atoms with Crippen LogP contribution >= 0.6 is 23.2 Å². The van der Waals surface area contributed by atoms with Crippen LogP contribution in [0.3, 0.4) is 0 Å². The molecule has 3 nitrogen and oxygen atoms in total. The fourth-order valence-corrected chi connectivity index (χ4v) is 1.19. The third-order valence-corrected chi connectivity index (χ3v) is 2.09. The van der Waals surface area contributed by atoms with Crippen molar-refractivity contribution in [3.63, 3.8) is 0 Å². The summed E-state index contributed by atoms with van der Waals surface area (Å²) in [6.07, 6.45) is 0. The molecule has 0 fully saturated rings. The topological polar surface area (TPSA) is 63.3 Å². The molecule has 0 aliphatic carbocycles. The number of benzene rings is 1. The minimum atomic E-state index is -1.12. The smallest absolute Gasteiger partial charge is 0.337 e. The highest BCUT2D eigenvalue weighted by atomic mass is 35.5. The molecule has 0 spiro atoms. The quantitative estimate of drug-likeness (QED) is 0.692. The molecular weight excluding hydrogens is 201 g/mol. The number of carboxylic acids is 1. The van der Waals surface area contributed by atoms with E-state index < -0.39 is 5.97 Å². The molecule has 1 aromatic carbocycles. The molecule has 0 aliphatic heterocycles. The number of rotatable bonds is 1. The van der Waals surface area contributed by atoms with Crippen LogP contribution in [0.15, 0.2) is 12.1 Å². The average molecular weight is 206 g/mol. The van der Waals surface area contributed by atoms with Gasteiger partial charge in [0.1, 0.15) is 0 Å². The van der Waals surface area contributed by atoms with Gasteiger partial charge < -0.3 is 10.8 Å². The normalized spacial score (nSPS) is 9.83. The van der Waals surface area contributed by atoms with Crippen molar-refractivity contribution in [2.75, 3.05) is 5.73 Å². The Morgan fingerprint density at radius 3 is 2.50 bits per heavy atom. The van der Waals surface area contributed by atoms with Crippen LogP contribution in [0, 0.1) is 0 Å². The Morgan fingerprint density at radius 2 is 2.00 bits per heavy atom. The van der Waals surface area contributed by atoms with Crippen LogP contribution < -0.4 is 5.73 Å². The van der Waals surface area contributed by atoms with Gasteiger partial charge in [-0.3, -0.25) is 0 Å². The molecule has 0 heterocycles.